The molecule has 0 unspecified atom stereocenters. The van der Waals surface area contributed by atoms with E-state index in [-0.39, 0.29) is 12.5 Å². The van der Waals surface area contributed by atoms with Gasteiger partial charge in [0.05, 0.1) is 5.92 Å². The van der Waals surface area contributed by atoms with Crippen LogP contribution in [0.5, 0.6) is 0 Å². The van der Waals surface area contributed by atoms with E-state index in [1.54, 1.807) is 0 Å². The van der Waals surface area contributed by atoms with E-state index in [4.69, 9.17) is 5.11 Å². The summed E-state index contributed by atoms with van der Waals surface area (Å²) in [6.07, 6.45) is -3.75. The first kappa shape index (κ1) is 14.4. The summed E-state index contributed by atoms with van der Waals surface area (Å²) in [5.74, 6) is -1.93. The lowest BCUT2D eigenvalue weighted by Gasteiger charge is -2.31. The molecule has 20 heavy (non-hydrogen) atoms. The summed E-state index contributed by atoms with van der Waals surface area (Å²) in [7, 11) is 0. The van der Waals surface area contributed by atoms with Crippen LogP contribution in [-0.4, -0.2) is 34.1 Å². The summed E-state index contributed by atoms with van der Waals surface area (Å²) in [6.45, 7) is 0.383. The van der Waals surface area contributed by atoms with E-state index in [9.17, 15) is 22.8 Å². The van der Waals surface area contributed by atoms with Crippen molar-refractivity contribution in [1.29, 1.82) is 0 Å². The number of hydrogen-bond acceptors (Lipinski definition) is 4. The number of halogens is 3. The molecule has 1 aromatic heterocycles. The van der Waals surface area contributed by atoms with Crippen molar-refractivity contribution in [2.45, 2.75) is 19.0 Å². The second-order valence-corrected chi connectivity index (χ2v) is 4.58. The van der Waals surface area contributed by atoms with Crippen LogP contribution in [0.25, 0.3) is 0 Å². The Hall–Kier alpha value is -2.06. The lowest BCUT2D eigenvalue weighted by Crippen LogP contribution is -2.40. The molecule has 0 amide bonds. The Bertz CT molecular complexity index is 570. The molecule has 6 nitrogen and oxygen atoms in total. The van der Waals surface area contributed by atoms with E-state index in [0.717, 1.165) is 0 Å². The van der Waals surface area contributed by atoms with Gasteiger partial charge >= 0.3 is 12.1 Å². The number of piperidine rings is 1. The fourth-order valence-corrected chi connectivity index (χ4v) is 2.11. The van der Waals surface area contributed by atoms with E-state index in [2.05, 4.69) is 9.97 Å². The first-order valence-corrected chi connectivity index (χ1v) is 5.93. The van der Waals surface area contributed by atoms with Gasteiger partial charge in [-0.05, 0) is 12.8 Å². The third kappa shape index (κ3) is 3.09. The number of nitrogens with one attached hydrogen (secondary N) is 1. The Labute approximate surface area is 111 Å². The Kier molecular flexibility index (Phi) is 3.69. The highest BCUT2D eigenvalue weighted by molar-refractivity contribution is 5.71. The van der Waals surface area contributed by atoms with Crippen molar-refractivity contribution in [1.82, 2.24) is 9.97 Å². The third-order valence-electron chi connectivity index (χ3n) is 3.09. The molecule has 0 radical (unpaired) electrons. The van der Waals surface area contributed by atoms with Gasteiger partial charge in [0.15, 0.2) is 5.69 Å². The van der Waals surface area contributed by atoms with Gasteiger partial charge in [-0.25, -0.2) is 4.98 Å². The molecule has 0 spiro atoms. The van der Waals surface area contributed by atoms with Crippen LogP contribution in [0.4, 0.5) is 19.1 Å². The van der Waals surface area contributed by atoms with Crippen molar-refractivity contribution in [2.75, 3.05) is 18.0 Å². The third-order valence-corrected chi connectivity index (χ3v) is 3.09. The number of carboxylic acids is 1. The zero-order chi connectivity index (χ0) is 14.9. The van der Waals surface area contributed by atoms with Crippen molar-refractivity contribution in [2.24, 2.45) is 5.92 Å². The van der Waals surface area contributed by atoms with Crippen LogP contribution in [0.15, 0.2) is 10.9 Å². The standard InChI is InChI=1S/C11H12F3N3O3/c12-11(13,14)7-4-8(18)16-10(15-7)17-3-1-2-6(5-17)9(19)20/h4,6H,1-3,5H2,(H,19,20)(H,15,16,18)/t6-/m1/s1. The molecular weight excluding hydrogens is 279 g/mol. The monoisotopic (exact) mass is 291 g/mol. The fraction of sp³-hybridized carbons (Fsp3) is 0.545. The van der Waals surface area contributed by atoms with E-state index in [1.807, 2.05) is 0 Å². The van der Waals surface area contributed by atoms with Crippen LogP contribution in [-0.2, 0) is 11.0 Å². The minimum absolute atomic E-state index is 0.0274. The zero-order valence-corrected chi connectivity index (χ0v) is 10.3. The summed E-state index contributed by atoms with van der Waals surface area (Å²) < 4.78 is 37.8. The van der Waals surface area contributed by atoms with Gasteiger partial charge in [0, 0.05) is 19.2 Å². The highest BCUT2D eigenvalue weighted by Gasteiger charge is 2.34. The van der Waals surface area contributed by atoms with E-state index < -0.39 is 29.3 Å². The fourth-order valence-electron chi connectivity index (χ4n) is 2.11. The van der Waals surface area contributed by atoms with Crippen LogP contribution >= 0.6 is 0 Å². The van der Waals surface area contributed by atoms with Crippen molar-refractivity contribution in [3.63, 3.8) is 0 Å². The Morgan fingerprint density at radius 1 is 1.50 bits per heavy atom. The molecular formula is C11H12F3N3O3. The number of H-pyrrole nitrogens is 1. The minimum Gasteiger partial charge on any atom is -0.481 e. The van der Waals surface area contributed by atoms with Crippen molar-refractivity contribution < 1.29 is 23.1 Å². The maximum absolute atomic E-state index is 12.6. The molecule has 1 aromatic rings. The van der Waals surface area contributed by atoms with Crippen LogP contribution in [0.3, 0.4) is 0 Å². The van der Waals surface area contributed by atoms with Crippen molar-refractivity contribution in [3.05, 3.63) is 22.1 Å². The second-order valence-electron chi connectivity index (χ2n) is 4.58. The molecule has 2 heterocycles. The lowest BCUT2D eigenvalue weighted by molar-refractivity contribution is -0.142. The van der Waals surface area contributed by atoms with Crippen molar-refractivity contribution >= 4 is 11.9 Å². The molecule has 110 valence electrons. The summed E-state index contributed by atoms with van der Waals surface area (Å²) in [6, 6.07) is 0.377. The van der Waals surface area contributed by atoms with Crippen LogP contribution in [0.1, 0.15) is 18.5 Å². The highest BCUT2D eigenvalue weighted by atomic mass is 19.4. The number of carbonyl (C=O) groups is 1. The average Bonchev–Trinajstić information content (AvgIpc) is 2.37. The topological polar surface area (TPSA) is 86.3 Å². The number of rotatable bonds is 2. The molecule has 0 aliphatic carbocycles. The van der Waals surface area contributed by atoms with Crippen LogP contribution in [0.2, 0.25) is 0 Å². The highest BCUT2D eigenvalue weighted by Crippen LogP contribution is 2.28. The minimum atomic E-state index is -4.72. The van der Waals surface area contributed by atoms with Crippen LogP contribution in [0, 0.1) is 5.92 Å². The van der Waals surface area contributed by atoms with Gasteiger partial charge in [-0.2, -0.15) is 13.2 Å². The van der Waals surface area contributed by atoms with E-state index in [1.165, 1.54) is 4.90 Å². The number of aromatic amines is 1. The number of hydrogen-bond donors (Lipinski definition) is 2. The maximum Gasteiger partial charge on any atom is 0.433 e. The van der Waals surface area contributed by atoms with Gasteiger partial charge in [-0.15, -0.1) is 0 Å². The number of aliphatic carboxylic acids is 1. The van der Waals surface area contributed by atoms with Crippen molar-refractivity contribution in [3.8, 4) is 0 Å². The molecule has 1 atom stereocenters. The lowest BCUT2D eigenvalue weighted by atomic mass is 9.99. The number of anilines is 1. The average molecular weight is 291 g/mol. The predicted molar refractivity (Wildman–Crippen MR) is 62.4 cm³/mol. The summed E-state index contributed by atoms with van der Waals surface area (Å²) in [5, 5.41) is 8.94. The summed E-state index contributed by atoms with van der Waals surface area (Å²) >= 11 is 0. The Balaban J connectivity index is 2.30. The molecule has 1 aliphatic heterocycles. The van der Waals surface area contributed by atoms with Gasteiger partial charge in [0.1, 0.15) is 0 Å². The van der Waals surface area contributed by atoms with Gasteiger partial charge in [0.25, 0.3) is 5.56 Å². The number of aromatic nitrogens is 2. The molecule has 1 fully saturated rings. The van der Waals surface area contributed by atoms with Crippen LogP contribution < -0.4 is 10.5 Å². The SMILES string of the molecule is O=C(O)[C@@H]1CCCN(c2nc(C(F)(F)F)cc(=O)[nH]2)C1. The summed E-state index contributed by atoms with van der Waals surface area (Å²) in [4.78, 5) is 29.2. The summed E-state index contributed by atoms with van der Waals surface area (Å²) in [5.41, 5.74) is -2.20. The molecule has 1 saturated heterocycles. The number of carboxylic acid groups (broad SMARTS) is 1. The first-order chi connectivity index (χ1) is 9.27. The van der Waals surface area contributed by atoms with E-state index >= 15 is 0 Å². The Morgan fingerprint density at radius 3 is 2.80 bits per heavy atom. The van der Waals surface area contributed by atoms with Gasteiger partial charge in [-0.3, -0.25) is 14.6 Å². The number of nitrogens with zero attached hydrogens (tertiary/aromatic N) is 2. The van der Waals surface area contributed by atoms with Gasteiger partial charge < -0.3 is 10.0 Å². The smallest absolute Gasteiger partial charge is 0.433 e. The normalized spacial score (nSPS) is 19.9. The molecule has 2 N–H and O–H groups in total. The molecule has 9 heteroatoms. The second kappa shape index (κ2) is 5.14. The predicted octanol–water partition coefficient (Wildman–Crippen LogP) is 1.09. The van der Waals surface area contributed by atoms with Gasteiger partial charge in [-0.1, -0.05) is 0 Å². The molecule has 0 bridgehead atoms. The quantitative estimate of drug-likeness (QED) is 0.852. The largest absolute Gasteiger partial charge is 0.481 e. The molecule has 0 saturated carbocycles. The van der Waals surface area contributed by atoms with Gasteiger partial charge in [0.2, 0.25) is 5.95 Å². The zero-order valence-electron chi connectivity index (χ0n) is 10.3. The molecule has 1 aliphatic rings. The molecule has 0 aromatic carbocycles. The first-order valence-electron chi connectivity index (χ1n) is 5.93. The Morgan fingerprint density at radius 2 is 2.20 bits per heavy atom. The number of alkyl halides is 3. The maximum atomic E-state index is 12.6. The molecule has 2 rings (SSSR count). The van der Waals surface area contributed by atoms with E-state index in [0.29, 0.717) is 25.5 Å².